The maximum absolute atomic E-state index is 13.1. The molecule has 1 nitrogen and oxygen atoms in total. The minimum atomic E-state index is -0.105. The van der Waals surface area contributed by atoms with E-state index in [1.165, 1.54) is 11.8 Å². The highest BCUT2D eigenvalue weighted by Crippen LogP contribution is 2.29. The summed E-state index contributed by atoms with van der Waals surface area (Å²) < 4.78 is 13.1. The molecule has 0 aromatic rings. The van der Waals surface area contributed by atoms with Gasteiger partial charge in [-0.3, -0.25) is 0 Å². The van der Waals surface area contributed by atoms with Crippen molar-refractivity contribution >= 4 is 0 Å². The summed E-state index contributed by atoms with van der Waals surface area (Å²) in [7, 11) is 2.07. The van der Waals surface area contributed by atoms with Crippen LogP contribution in [0.25, 0.3) is 0 Å². The molecule has 1 aliphatic carbocycles. The first-order valence-electron chi connectivity index (χ1n) is 4.74. The molecule has 0 aromatic carbocycles. The zero-order valence-electron chi connectivity index (χ0n) is 7.83. The molecule has 0 saturated carbocycles. The monoisotopic (exact) mass is 179 g/mol. The molecular formula is C11H14FN. The van der Waals surface area contributed by atoms with Gasteiger partial charge >= 0.3 is 0 Å². The van der Waals surface area contributed by atoms with Gasteiger partial charge in [-0.15, -0.1) is 0 Å². The first kappa shape index (κ1) is 8.54. The van der Waals surface area contributed by atoms with Crippen LogP contribution in [0.2, 0.25) is 0 Å². The van der Waals surface area contributed by atoms with Crippen LogP contribution in [0.15, 0.2) is 35.8 Å². The smallest absolute Gasteiger partial charge is 0.119 e. The fraction of sp³-hybridized carbons (Fsp3) is 0.455. The van der Waals surface area contributed by atoms with E-state index < -0.39 is 0 Å². The molecule has 0 unspecified atom stereocenters. The molecule has 0 radical (unpaired) electrons. The molecule has 0 spiro atoms. The number of rotatable bonds is 0. The Morgan fingerprint density at radius 3 is 3.23 bits per heavy atom. The highest BCUT2D eigenvalue weighted by atomic mass is 19.1. The maximum atomic E-state index is 13.1. The average molecular weight is 179 g/mol. The SMILES string of the molecule is CN1CCC[C@H]2C=C(F)C=CC=C21. The lowest BCUT2D eigenvalue weighted by atomic mass is 9.94. The van der Waals surface area contributed by atoms with E-state index in [2.05, 4.69) is 11.9 Å². The molecule has 13 heavy (non-hydrogen) atoms. The number of fused-ring (bicyclic) bond motifs is 1. The van der Waals surface area contributed by atoms with E-state index in [0.29, 0.717) is 0 Å². The van der Waals surface area contributed by atoms with Crippen LogP contribution in [0.1, 0.15) is 12.8 Å². The first-order valence-corrected chi connectivity index (χ1v) is 4.74. The predicted molar refractivity (Wildman–Crippen MR) is 51.8 cm³/mol. The quantitative estimate of drug-likeness (QED) is 0.552. The van der Waals surface area contributed by atoms with Crippen LogP contribution < -0.4 is 0 Å². The predicted octanol–water partition coefficient (Wildman–Crippen LogP) is 2.64. The zero-order valence-corrected chi connectivity index (χ0v) is 7.83. The molecule has 1 heterocycles. The maximum Gasteiger partial charge on any atom is 0.119 e. The molecule has 2 heteroatoms. The standard InChI is InChI=1S/C11H14FN/c1-13-7-3-4-9-8-10(12)5-2-6-11(9)13/h2,5-6,8-9H,3-4,7H2,1H3/t9-/m0/s1. The van der Waals surface area contributed by atoms with Gasteiger partial charge in [0.1, 0.15) is 5.83 Å². The minimum absolute atomic E-state index is 0.105. The summed E-state index contributed by atoms with van der Waals surface area (Å²) in [5.41, 5.74) is 1.25. The summed E-state index contributed by atoms with van der Waals surface area (Å²) in [6, 6.07) is 0. The number of likely N-dealkylation sites (tertiary alicyclic amines) is 1. The molecule has 70 valence electrons. The molecule has 1 aliphatic heterocycles. The second-order valence-electron chi connectivity index (χ2n) is 3.67. The fourth-order valence-electron chi connectivity index (χ4n) is 2.01. The van der Waals surface area contributed by atoms with E-state index in [4.69, 9.17) is 0 Å². The second kappa shape index (κ2) is 3.36. The van der Waals surface area contributed by atoms with Gasteiger partial charge in [-0.25, -0.2) is 4.39 Å². The van der Waals surface area contributed by atoms with E-state index >= 15 is 0 Å². The average Bonchev–Trinajstić information content (AvgIpc) is 2.27. The summed E-state index contributed by atoms with van der Waals surface area (Å²) in [6.07, 6.45) is 9.30. The van der Waals surface area contributed by atoms with Gasteiger partial charge in [-0.05, 0) is 31.1 Å². The van der Waals surface area contributed by atoms with Crippen molar-refractivity contribution in [2.75, 3.05) is 13.6 Å². The molecule has 1 fully saturated rings. The summed E-state index contributed by atoms with van der Waals surface area (Å²) in [4.78, 5) is 2.22. The number of nitrogens with zero attached hydrogens (tertiary/aromatic N) is 1. The molecule has 1 atom stereocenters. The molecule has 0 N–H and O–H groups in total. The molecule has 1 saturated heterocycles. The molecule has 0 amide bonds. The van der Waals surface area contributed by atoms with Gasteiger partial charge in [0, 0.05) is 25.2 Å². The van der Waals surface area contributed by atoms with Crippen LogP contribution in [0.3, 0.4) is 0 Å². The van der Waals surface area contributed by atoms with Crippen LogP contribution in [-0.2, 0) is 0 Å². The van der Waals surface area contributed by atoms with Crippen LogP contribution >= 0.6 is 0 Å². The van der Waals surface area contributed by atoms with Crippen LogP contribution in [0.4, 0.5) is 4.39 Å². The van der Waals surface area contributed by atoms with Gasteiger partial charge in [-0.1, -0.05) is 6.08 Å². The van der Waals surface area contributed by atoms with E-state index in [9.17, 15) is 4.39 Å². The van der Waals surface area contributed by atoms with Crippen molar-refractivity contribution in [1.29, 1.82) is 0 Å². The zero-order chi connectivity index (χ0) is 9.26. The van der Waals surface area contributed by atoms with Crippen molar-refractivity contribution in [3.05, 3.63) is 35.8 Å². The van der Waals surface area contributed by atoms with Gasteiger partial charge in [-0.2, -0.15) is 0 Å². The van der Waals surface area contributed by atoms with Crippen molar-refractivity contribution in [3.63, 3.8) is 0 Å². The van der Waals surface area contributed by atoms with Crippen molar-refractivity contribution in [2.24, 2.45) is 5.92 Å². The van der Waals surface area contributed by atoms with Gasteiger partial charge in [0.05, 0.1) is 0 Å². The number of halogens is 1. The van der Waals surface area contributed by atoms with Crippen LogP contribution in [0.5, 0.6) is 0 Å². The summed E-state index contributed by atoms with van der Waals surface area (Å²) >= 11 is 0. The third-order valence-electron chi connectivity index (χ3n) is 2.71. The summed E-state index contributed by atoms with van der Waals surface area (Å²) in [6.45, 7) is 1.09. The highest BCUT2D eigenvalue weighted by Gasteiger charge is 2.21. The Labute approximate surface area is 78.2 Å². The Morgan fingerprint density at radius 1 is 1.54 bits per heavy atom. The van der Waals surface area contributed by atoms with E-state index in [1.54, 1.807) is 12.2 Å². The van der Waals surface area contributed by atoms with E-state index in [0.717, 1.165) is 19.4 Å². The Kier molecular flexibility index (Phi) is 2.21. The normalized spacial score (nSPS) is 27.5. The van der Waals surface area contributed by atoms with Gasteiger partial charge < -0.3 is 4.90 Å². The molecule has 0 aromatic heterocycles. The van der Waals surface area contributed by atoms with Gasteiger partial charge in [0.15, 0.2) is 0 Å². The molecule has 0 bridgehead atoms. The van der Waals surface area contributed by atoms with Crippen molar-refractivity contribution < 1.29 is 4.39 Å². The Bertz CT molecular complexity index is 288. The number of hydrogen-bond donors (Lipinski definition) is 0. The lowest BCUT2D eigenvalue weighted by molar-refractivity contribution is 0.307. The topological polar surface area (TPSA) is 3.24 Å². The first-order chi connectivity index (χ1) is 6.27. The Balaban J connectivity index is 2.29. The second-order valence-corrected chi connectivity index (χ2v) is 3.67. The minimum Gasteiger partial charge on any atom is -0.377 e. The largest absolute Gasteiger partial charge is 0.377 e. The van der Waals surface area contributed by atoms with Crippen LogP contribution in [0, 0.1) is 5.92 Å². The Hall–Kier alpha value is -1.05. The highest BCUT2D eigenvalue weighted by molar-refractivity contribution is 5.29. The number of hydrogen-bond acceptors (Lipinski definition) is 1. The van der Waals surface area contributed by atoms with Crippen molar-refractivity contribution in [1.82, 2.24) is 4.90 Å². The molecular weight excluding hydrogens is 165 g/mol. The third kappa shape index (κ3) is 1.67. The summed E-state index contributed by atoms with van der Waals surface area (Å²) in [5, 5.41) is 0. The van der Waals surface area contributed by atoms with Gasteiger partial charge in [0.25, 0.3) is 0 Å². The molecule has 2 rings (SSSR count). The molecule has 2 aliphatic rings. The lowest BCUT2D eigenvalue weighted by Crippen LogP contribution is -2.28. The fourth-order valence-corrected chi connectivity index (χ4v) is 2.01. The van der Waals surface area contributed by atoms with E-state index in [1.807, 2.05) is 6.08 Å². The number of allylic oxidation sites excluding steroid dienone is 5. The van der Waals surface area contributed by atoms with Crippen molar-refractivity contribution in [3.8, 4) is 0 Å². The third-order valence-corrected chi connectivity index (χ3v) is 2.71. The summed E-state index contributed by atoms with van der Waals surface area (Å²) in [5.74, 6) is 0.181. The van der Waals surface area contributed by atoms with Gasteiger partial charge in [0.2, 0.25) is 0 Å². The number of piperidine rings is 1. The Morgan fingerprint density at radius 2 is 2.38 bits per heavy atom. The lowest BCUT2D eigenvalue weighted by Gasteiger charge is -2.32. The van der Waals surface area contributed by atoms with Crippen LogP contribution in [-0.4, -0.2) is 18.5 Å². The van der Waals surface area contributed by atoms with Crippen molar-refractivity contribution in [2.45, 2.75) is 12.8 Å². The van der Waals surface area contributed by atoms with E-state index in [-0.39, 0.29) is 11.7 Å².